The third-order valence-corrected chi connectivity index (χ3v) is 5.24. The summed E-state index contributed by atoms with van der Waals surface area (Å²) in [6.07, 6.45) is 0.612. The van der Waals surface area contributed by atoms with E-state index in [9.17, 15) is 9.59 Å². The minimum atomic E-state index is -0.390. The Morgan fingerprint density at radius 2 is 1.86 bits per heavy atom. The summed E-state index contributed by atoms with van der Waals surface area (Å²) < 4.78 is 5.08. The summed E-state index contributed by atoms with van der Waals surface area (Å²) in [6, 6.07) is 13.4. The number of amides is 1. The number of rotatable bonds is 2. The number of carbonyl (C=O) groups is 2. The van der Waals surface area contributed by atoms with Gasteiger partial charge in [0.15, 0.2) is 0 Å². The molecule has 0 atom stereocenters. The van der Waals surface area contributed by atoms with Crippen LogP contribution in [0.15, 0.2) is 42.5 Å². The van der Waals surface area contributed by atoms with E-state index < -0.39 is 0 Å². The largest absolute Gasteiger partial charge is 0.465 e. The maximum Gasteiger partial charge on any atom is 0.338 e. The predicted octanol–water partition coefficient (Wildman–Crippen LogP) is 3.84. The van der Waals surface area contributed by atoms with Gasteiger partial charge in [-0.15, -0.1) is 0 Å². The molecule has 2 heterocycles. The molecule has 1 aliphatic rings. The smallest absolute Gasteiger partial charge is 0.338 e. The number of hydrogen-bond acceptors (Lipinski definition) is 4. The lowest BCUT2D eigenvalue weighted by Gasteiger charge is -2.30. The van der Waals surface area contributed by atoms with E-state index in [1.54, 1.807) is 4.90 Å². The molecule has 0 aliphatic carbocycles. The van der Waals surface area contributed by atoms with Gasteiger partial charge in [-0.25, -0.2) is 4.79 Å². The zero-order valence-corrected chi connectivity index (χ0v) is 16.3. The van der Waals surface area contributed by atoms with Crippen molar-refractivity contribution >= 4 is 22.8 Å². The molecule has 0 unspecified atom stereocenters. The zero-order valence-electron chi connectivity index (χ0n) is 16.3. The first kappa shape index (κ1) is 18.2. The molecule has 0 radical (unpaired) electrons. The fourth-order valence-corrected chi connectivity index (χ4v) is 3.82. The normalized spacial score (nSPS) is 13.3. The molecule has 0 fully saturated rings. The van der Waals surface area contributed by atoms with Gasteiger partial charge >= 0.3 is 5.97 Å². The molecule has 4 rings (SSSR count). The molecule has 142 valence electrons. The average molecular weight is 374 g/mol. The highest BCUT2D eigenvalue weighted by Gasteiger charge is 2.29. The molecule has 0 bridgehead atoms. The fourth-order valence-electron chi connectivity index (χ4n) is 3.82. The maximum absolute atomic E-state index is 13.0. The van der Waals surface area contributed by atoms with Gasteiger partial charge in [0.25, 0.3) is 5.91 Å². The number of ether oxygens (including phenoxy) is 1. The Morgan fingerprint density at radius 3 is 2.61 bits per heavy atom. The van der Waals surface area contributed by atoms with Crippen molar-refractivity contribution in [3.05, 3.63) is 76.0 Å². The van der Waals surface area contributed by atoms with Crippen molar-refractivity contribution in [1.29, 1.82) is 0 Å². The van der Waals surface area contributed by atoms with Gasteiger partial charge < -0.3 is 9.64 Å². The lowest BCUT2D eigenvalue weighted by atomic mass is 9.94. The fraction of sp³-hybridized carbons (Fsp3) is 0.261. The Balaban J connectivity index is 1.80. The highest BCUT2D eigenvalue weighted by Crippen LogP contribution is 2.30. The van der Waals surface area contributed by atoms with E-state index in [2.05, 4.69) is 0 Å². The number of fused-ring (bicyclic) bond motifs is 2. The van der Waals surface area contributed by atoms with Gasteiger partial charge in [0, 0.05) is 41.7 Å². The quantitative estimate of drug-likeness (QED) is 0.640. The predicted molar refractivity (Wildman–Crippen MR) is 107 cm³/mol. The molecule has 0 N–H and O–H groups in total. The van der Waals surface area contributed by atoms with Crippen LogP contribution >= 0.6 is 0 Å². The summed E-state index contributed by atoms with van der Waals surface area (Å²) in [5.74, 6) is -0.423. The summed E-state index contributed by atoms with van der Waals surface area (Å²) in [5.41, 5.74) is 5.70. The Morgan fingerprint density at radius 1 is 1.07 bits per heavy atom. The molecule has 2 aromatic carbocycles. The molecule has 28 heavy (non-hydrogen) atoms. The molecule has 5 heteroatoms. The highest BCUT2D eigenvalue weighted by molar-refractivity contribution is 6.05. The molecular formula is C23H22N2O3. The topological polar surface area (TPSA) is 59.5 Å². The molecule has 0 spiro atoms. The van der Waals surface area contributed by atoms with Crippen LogP contribution in [0.1, 0.15) is 43.1 Å². The van der Waals surface area contributed by atoms with Crippen LogP contribution in [0.25, 0.3) is 10.9 Å². The third-order valence-electron chi connectivity index (χ3n) is 5.24. The van der Waals surface area contributed by atoms with Crippen LogP contribution in [-0.4, -0.2) is 35.4 Å². The molecule has 3 aromatic rings. The lowest BCUT2D eigenvalue weighted by molar-refractivity contribution is 0.0594. The second-order valence-electron chi connectivity index (χ2n) is 7.27. The SMILES string of the molecule is COC(=O)c1c2c(nc3ccc(C)cc13)CCN(C(=O)c1cccc(C)c1)C2. The minimum Gasteiger partial charge on any atom is -0.465 e. The van der Waals surface area contributed by atoms with Gasteiger partial charge in [0.1, 0.15) is 0 Å². The Kier molecular flexibility index (Phi) is 4.59. The van der Waals surface area contributed by atoms with Crippen molar-refractivity contribution in [3.8, 4) is 0 Å². The summed E-state index contributed by atoms with van der Waals surface area (Å²) in [4.78, 5) is 32.2. The van der Waals surface area contributed by atoms with Crippen LogP contribution in [-0.2, 0) is 17.7 Å². The van der Waals surface area contributed by atoms with Crippen molar-refractivity contribution in [1.82, 2.24) is 9.88 Å². The second-order valence-corrected chi connectivity index (χ2v) is 7.27. The van der Waals surface area contributed by atoms with Crippen molar-refractivity contribution in [2.75, 3.05) is 13.7 Å². The standard InChI is InChI=1S/C23H22N2O3/c1-14-5-4-6-16(11-14)22(26)25-10-9-20-18(13-25)21(23(27)28-3)17-12-15(2)7-8-19(17)24-20/h4-8,11-12H,9-10,13H2,1-3H3. The highest BCUT2D eigenvalue weighted by atomic mass is 16.5. The molecule has 1 aliphatic heterocycles. The minimum absolute atomic E-state index is 0.0329. The first-order valence-corrected chi connectivity index (χ1v) is 9.34. The number of aryl methyl sites for hydroxylation is 2. The van der Waals surface area contributed by atoms with Gasteiger partial charge in [-0.2, -0.15) is 0 Å². The Labute approximate surface area is 163 Å². The van der Waals surface area contributed by atoms with Gasteiger partial charge in [-0.1, -0.05) is 29.3 Å². The van der Waals surface area contributed by atoms with Crippen LogP contribution in [0.5, 0.6) is 0 Å². The maximum atomic E-state index is 13.0. The van der Waals surface area contributed by atoms with E-state index in [1.165, 1.54) is 7.11 Å². The van der Waals surface area contributed by atoms with E-state index >= 15 is 0 Å². The van der Waals surface area contributed by atoms with Crippen LogP contribution < -0.4 is 0 Å². The number of carbonyl (C=O) groups excluding carboxylic acids is 2. The lowest BCUT2D eigenvalue weighted by Crippen LogP contribution is -2.37. The molecule has 1 aromatic heterocycles. The number of nitrogens with zero attached hydrogens (tertiary/aromatic N) is 2. The Hall–Kier alpha value is -3.21. The first-order valence-electron chi connectivity index (χ1n) is 9.34. The van der Waals surface area contributed by atoms with Gasteiger partial charge in [-0.3, -0.25) is 9.78 Å². The summed E-state index contributed by atoms with van der Waals surface area (Å²) in [6.45, 7) is 4.87. The number of hydrogen-bond donors (Lipinski definition) is 0. The molecule has 0 saturated carbocycles. The van der Waals surface area contributed by atoms with Gasteiger partial charge in [-0.05, 0) is 38.1 Å². The summed E-state index contributed by atoms with van der Waals surface area (Å²) in [7, 11) is 1.38. The summed E-state index contributed by atoms with van der Waals surface area (Å²) in [5, 5.41) is 0.774. The van der Waals surface area contributed by atoms with Crippen molar-refractivity contribution in [3.63, 3.8) is 0 Å². The number of esters is 1. The molecule has 0 saturated heterocycles. The van der Waals surface area contributed by atoms with Crippen molar-refractivity contribution in [2.45, 2.75) is 26.8 Å². The van der Waals surface area contributed by atoms with E-state index in [1.807, 2.05) is 56.3 Å². The van der Waals surface area contributed by atoms with E-state index in [4.69, 9.17) is 9.72 Å². The Bertz CT molecular complexity index is 1100. The second kappa shape index (κ2) is 7.08. The third kappa shape index (κ3) is 3.13. The molecule has 5 nitrogen and oxygen atoms in total. The van der Waals surface area contributed by atoms with E-state index in [-0.39, 0.29) is 11.9 Å². The first-order chi connectivity index (χ1) is 13.5. The number of methoxy groups -OCH3 is 1. The van der Waals surface area contributed by atoms with Crippen LogP contribution in [0.2, 0.25) is 0 Å². The van der Waals surface area contributed by atoms with Crippen molar-refractivity contribution in [2.24, 2.45) is 0 Å². The molecular weight excluding hydrogens is 352 g/mol. The molecule has 1 amide bonds. The average Bonchev–Trinajstić information content (AvgIpc) is 2.70. The van der Waals surface area contributed by atoms with Gasteiger partial charge in [0.05, 0.1) is 18.2 Å². The number of benzene rings is 2. The monoisotopic (exact) mass is 374 g/mol. The van der Waals surface area contributed by atoms with E-state index in [0.29, 0.717) is 30.6 Å². The number of aromatic nitrogens is 1. The van der Waals surface area contributed by atoms with E-state index in [0.717, 1.165) is 33.3 Å². The van der Waals surface area contributed by atoms with Crippen LogP contribution in [0.3, 0.4) is 0 Å². The zero-order chi connectivity index (χ0) is 19.8. The number of pyridine rings is 1. The summed E-state index contributed by atoms with van der Waals surface area (Å²) >= 11 is 0. The van der Waals surface area contributed by atoms with Crippen LogP contribution in [0, 0.1) is 13.8 Å². The van der Waals surface area contributed by atoms with Crippen molar-refractivity contribution < 1.29 is 14.3 Å². The van der Waals surface area contributed by atoms with Crippen LogP contribution in [0.4, 0.5) is 0 Å². The van der Waals surface area contributed by atoms with Gasteiger partial charge in [0.2, 0.25) is 0 Å².